The SMILES string of the molecule is Nc1ccc(-c2nc(C3CCC3)no2)s1. The lowest BCUT2D eigenvalue weighted by Gasteiger charge is -2.20. The Kier molecular flexibility index (Phi) is 1.98. The van der Waals surface area contributed by atoms with Gasteiger partial charge in [0, 0.05) is 5.92 Å². The van der Waals surface area contributed by atoms with E-state index in [0.717, 1.165) is 15.7 Å². The summed E-state index contributed by atoms with van der Waals surface area (Å²) in [7, 11) is 0. The van der Waals surface area contributed by atoms with Gasteiger partial charge in [-0.2, -0.15) is 4.98 Å². The van der Waals surface area contributed by atoms with Crippen LogP contribution in [-0.2, 0) is 0 Å². The van der Waals surface area contributed by atoms with Crippen molar-refractivity contribution in [1.82, 2.24) is 10.1 Å². The van der Waals surface area contributed by atoms with Gasteiger partial charge in [-0.15, -0.1) is 11.3 Å². The van der Waals surface area contributed by atoms with Gasteiger partial charge in [-0.05, 0) is 25.0 Å². The average Bonchev–Trinajstić information content (AvgIpc) is 2.70. The number of thiophene rings is 1. The molecule has 0 aromatic carbocycles. The minimum Gasteiger partial charge on any atom is -0.391 e. The lowest BCUT2D eigenvalue weighted by Crippen LogP contribution is -2.10. The molecule has 5 heteroatoms. The number of rotatable bonds is 2. The predicted octanol–water partition coefficient (Wildman–Crippen LogP) is 2.65. The van der Waals surface area contributed by atoms with Crippen LogP contribution in [0, 0.1) is 0 Å². The Balaban J connectivity index is 1.89. The van der Waals surface area contributed by atoms with E-state index in [0.29, 0.717) is 11.8 Å². The van der Waals surface area contributed by atoms with Gasteiger partial charge < -0.3 is 10.3 Å². The van der Waals surface area contributed by atoms with Crippen LogP contribution in [0.1, 0.15) is 31.0 Å². The van der Waals surface area contributed by atoms with Crippen molar-refractivity contribution in [2.24, 2.45) is 0 Å². The number of nitrogen functional groups attached to an aromatic ring is 1. The van der Waals surface area contributed by atoms with Crippen molar-refractivity contribution in [3.63, 3.8) is 0 Å². The molecule has 0 aliphatic heterocycles. The highest BCUT2D eigenvalue weighted by Gasteiger charge is 2.25. The maximum absolute atomic E-state index is 5.65. The molecule has 0 unspecified atom stereocenters. The molecule has 78 valence electrons. The lowest BCUT2D eigenvalue weighted by molar-refractivity contribution is 0.366. The quantitative estimate of drug-likeness (QED) is 0.846. The van der Waals surface area contributed by atoms with Crippen LogP contribution in [0.25, 0.3) is 10.8 Å². The van der Waals surface area contributed by atoms with Gasteiger partial charge >= 0.3 is 0 Å². The Hall–Kier alpha value is -1.36. The number of aromatic nitrogens is 2. The van der Waals surface area contributed by atoms with E-state index in [4.69, 9.17) is 10.3 Å². The fourth-order valence-electron chi connectivity index (χ4n) is 1.63. The second-order valence-electron chi connectivity index (χ2n) is 3.79. The second-order valence-corrected chi connectivity index (χ2v) is 4.90. The molecular formula is C10H11N3OS. The van der Waals surface area contributed by atoms with Gasteiger partial charge in [-0.3, -0.25) is 0 Å². The fraction of sp³-hybridized carbons (Fsp3) is 0.400. The molecule has 15 heavy (non-hydrogen) atoms. The second kappa shape index (κ2) is 3.34. The molecule has 0 amide bonds. The maximum atomic E-state index is 5.65. The van der Waals surface area contributed by atoms with Crippen LogP contribution in [-0.4, -0.2) is 10.1 Å². The molecule has 2 heterocycles. The summed E-state index contributed by atoms with van der Waals surface area (Å²) in [6.45, 7) is 0. The van der Waals surface area contributed by atoms with Gasteiger partial charge in [-0.25, -0.2) is 0 Å². The molecule has 0 bridgehead atoms. The first-order chi connectivity index (χ1) is 7.33. The number of nitrogens with two attached hydrogens (primary N) is 1. The maximum Gasteiger partial charge on any atom is 0.268 e. The van der Waals surface area contributed by atoms with E-state index >= 15 is 0 Å². The van der Waals surface area contributed by atoms with Crippen LogP contribution in [0.4, 0.5) is 5.00 Å². The summed E-state index contributed by atoms with van der Waals surface area (Å²) >= 11 is 1.47. The van der Waals surface area contributed by atoms with E-state index in [2.05, 4.69) is 10.1 Å². The molecule has 2 aromatic heterocycles. The predicted molar refractivity (Wildman–Crippen MR) is 58.6 cm³/mol. The minimum absolute atomic E-state index is 0.514. The molecule has 0 spiro atoms. The highest BCUT2D eigenvalue weighted by molar-refractivity contribution is 7.19. The van der Waals surface area contributed by atoms with Crippen molar-refractivity contribution < 1.29 is 4.52 Å². The van der Waals surface area contributed by atoms with Crippen LogP contribution in [0.5, 0.6) is 0 Å². The van der Waals surface area contributed by atoms with Crippen LogP contribution < -0.4 is 5.73 Å². The van der Waals surface area contributed by atoms with Crippen LogP contribution in [0.2, 0.25) is 0 Å². The van der Waals surface area contributed by atoms with Crippen molar-refractivity contribution in [1.29, 1.82) is 0 Å². The van der Waals surface area contributed by atoms with Crippen LogP contribution in [0.3, 0.4) is 0 Å². The normalized spacial score (nSPS) is 16.5. The van der Waals surface area contributed by atoms with E-state index < -0.39 is 0 Å². The Morgan fingerprint density at radius 1 is 1.40 bits per heavy atom. The number of hydrogen-bond acceptors (Lipinski definition) is 5. The monoisotopic (exact) mass is 221 g/mol. The summed E-state index contributed by atoms with van der Waals surface area (Å²) in [4.78, 5) is 5.34. The molecule has 0 atom stereocenters. The Labute approximate surface area is 91.1 Å². The zero-order valence-corrected chi connectivity index (χ0v) is 8.96. The third kappa shape index (κ3) is 1.52. The summed E-state index contributed by atoms with van der Waals surface area (Å²) in [5, 5.41) is 4.78. The zero-order chi connectivity index (χ0) is 10.3. The topological polar surface area (TPSA) is 64.9 Å². The van der Waals surface area contributed by atoms with Crippen molar-refractivity contribution in [2.45, 2.75) is 25.2 Å². The molecular weight excluding hydrogens is 210 g/mol. The molecule has 1 aliphatic carbocycles. The molecule has 4 nitrogen and oxygen atoms in total. The van der Waals surface area contributed by atoms with E-state index in [-0.39, 0.29) is 0 Å². The fourth-order valence-corrected chi connectivity index (χ4v) is 2.33. The van der Waals surface area contributed by atoms with Crippen molar-refractivity contribution in [2.75, 3.05) is 5.73 Å². The van der Waals surface area contributed by atoms with Crippen LogP contribution in [0.15, 0.2) is 16.7 Å². The highest BCUT2D eigenvalue weighted by atomic mass is 32.1. The molecule has 2 N–H and O–H groups in total. The smallest absolute Gasteiger partial charge is 0.268 e. The van der Waals surface area contributed by atoms with Crippen LogP contribution >= 0.6 is 11.3 Å². The largest absolute Gasteiger partial charge is 0.391 e. The third-order valence-electron chi connectivity index (χ3n) is 2.75. The Bertz CT molecular complexity index is 472. The minimum atomic E-state index is 0.514. The molecule has 1 aliphatic rings. The standard InChI is InChI=1S/C10H11N3OS/c11-8-5-4-7(15-8)10-12-9(13-14-10)6-2-1-3-6/h4-6H,1-3,11H2. The van der Waals surface area contributed by atoms with Gasteiger partial charge in [0.05, 0.1) is 9.88 Å². The highest BCUT2D eigenvalue weighted by Crippen LogP contribution is 2.36. The average molecular weight is 221 g/mol. The number of nitrogens with zero attached hydrogens (tertiary/aromatic N) is 2. The Morgan fingerprint density at radius 3 is 2.87 bits per heavy atom. The summed E-state index contributed by atoms with van der Waals surface area (Å²) in [6, 6.07) is 3.77. The lowest BCUT2D eigenvalue weighted by atomic mass is 9.85. The summed E-state index contributed by atoms with van der Waals surface area (Å²) in [6.07, 6.45) is 3.65. The molecule has 1 fully saturated rings. The van der Waals surface area contributed by atoms with Gasteiger partial charge in [0.2, 0.25) is 0 Å². The summed E-state index contributed by atoms with van der Waals surface area (Å²) < 4.78 is 5.21. The molecule has 0 radical (unpaired) electrons. The molecule has 1 saturated carbocycles. The van der Waals surface area contributed by atoms with Gasteiger partial charge in [0.15, 0.2) is 5.82 Å². The third-order valence-corrected chi connectivity index (χ3v) is 3.65. The first-order valence-electron chi connectivity index (χ1n) is 5.02. The molecule has 3 rings (SSSR count). The first kappa shape index (κ1) is 8.91. The zero-order valence-electron chi connectivity index (χ0n) is 8.14. The van der Waals surface area contributed by atoms with E-state index in [1.807, 2.05) is 12.1 Å². The summed E-state index contributed by atoms with van der Waals surface area (Å²) in [5.41, 5.74) is 5.65. The first-order valence-corrected chi connectivity index (χ1v) is 5.84. The summed E-state index contributed by atoms with van der Waals surface area (Å²) in [5.74, 6) is 1.96. The van der Waals surface area contributed by atoms with E-state index in [1.54, 1.807) is 0 Å². The van der Waals surface area contributed by atoms with E-state index in [1.165, 1.54) is 30.6 Å². The van der Waals surface area contributed by atoms with Gasteiger partial charge in [0.25, 0.3) is 5.89 Å². The number of hydrogen-bond donors (Lipinski definition) is 1. The van der Waals surface area contributed by atoms with Crippen molar-refractivity contribution in [3.8, 4) is 10.8 Å². The van der Waals surface area contributed by atoms with Gasteiger partial charge in [-0.1, -0.05) is 11.6 Å². The van der Waals surface area contributed by atoms with Gasteiger partial charge in [0.1, 0.15) is 0 Å². The van der Waals surface area contributed by atoms with Crippen molar-refractivity contribution in [3.05, 3.63) is 18.0 Å². The van der Waals surface area contributed by atoms with E-state index in [9.17, 15) is 0 Å². The Morgan fingerprint density at radius 2 is 2.27 bits per heavy atom. The van der Waals surface area contributed by atoms with Crippen molar-refractivity contribution >= 4 is 16.3 Å². The molecule has 2 aromatic rings. The molecule has 0 saturated heterocycles. The number of anilines is 1.